The Labute approximate surface area is 205 Å². The van der Waals surface area contributed by atoms with Gasteiger partial charge in [0.1, 0.15) is 0 Å². The summed E-state index contributed by atoms with van der Waals surface area (Å²) in [5.41, 5.74) is 3.51. The lowest BCUT2D eigenvalue weighted by atomic mass is 10.00. The molecule has 0 aliphatic carbocycles. The molecule has 0 spiro atoms. The second-order valence-electron chi connectivity index (χ2n) is 8.30. The number of amides is 2. The third kappa shape index (κ3) is 5.66. The van der Waals surface area contributed by atoms with Crippen LogP contribution in [0.3, 0.4) is 0 Å². The van der Waals surface area contributed by atoms with Gasteiger partial charge in [0.25, 0.3) is 5.92 Å². The van der Waals surface area contributed by atoms with Crippen molar-refractivity contribution in [2.24, 2.45) is 0 Å². The minimum absolute atomic E-state index is 0.0706. The van der Waals surface area contributed by atoms with Gasteiger partial charge < -0.3 is 19.7 Å². The van der Waals surface area contributed by atoms with Crippen LogP contribution in [0.15, 0.2) is 41.0 Å². The highest BCUT2D eigenvalue weighted by atomic mass is 35.5. The molecule has 4 rings (SSSR count). The predicted octanol–water partition coefficient (Wildman–Crippen LogP) is 5.06. The summed E-state index contributed by atoms with van der Waals surface area (Å²) in [6, 6.07) is 5.51. The number of hydrogen-bond donors (Lipinski definition) is 2. The van der Waals surface area contributed by atoms with Crippen LogP contribution < -0.4 is 5.32 Å². The largest absolute Gasteiger partial charge is 0.421 e. The molecular weight excluding hydrogens is 480 g/mol. The quantitative estimate of drug-likeness (QED) is 0.487. The van der Waals surface area contributed by atoms with Crippen LogP contribution in [0.1, 0.15) is 36.1 Å². The zero-order valence-electron chi connectivity index (χ0n) is 19.2. The van der Waals surface area contributed by atoms with Crippen LogP contribution in [-0.4, -0.2) is 50.9 Å². The summed E-state index contributed by atoms with van der Waals surface area (Å²) < 4.78 is 32.6. The maximum atomic E-state index is 13.5. The summed E-state index contributed by atoms with van der Waals surface area (Å²) in [6.07, 6.45) is 4.49. The number of hydrogen-bond acceptors (Lipinski definition) is 6. The fourth-order valence-electron chi connectivity index (χ4n) is 3.81. The van der Waals surface area contributed by atoms with Crippen molar-refractivity contribution in [2.75, 3.05) is 25.0 Å². The van der Waals surface area contributed by atoms with Gasteiger partial charge in [0.15, 0.2) is 0 Å². The molecule has 1 aliphatic heterocycles. The van der Waals surface area contributed by atoms with Gasteiger partial charge in [0.05, 0.1) is 22.9 Å². The highest BCUT2D eigenvalue weighted by Gasteiger charge is 2.27. The van der Waals surface area contributed by atoms with E-state index in [9.17, 15) is 13.6 Å². The van der Waals surface area contributed by atoms with Crippen LogP contribution >= 0.6 is 11.6 Å². The molecule has 3 aromatic rings. The number of aliphatic hydroxyl groups excluding tert-OH is 1. The molecule has 0 radical (unpaired) electrons. The lowest BCUT2D eigenvalue weighted by molar-refractivity contribution is 0.0176. The van der Waals surface area contributed by atoms with E-state index in [0.29, 0.717) is 49.0 Å². The van der Waals surface area contributed by atoms with Crippen LogP contribution in [0, 0.1) is 6.92 Å². The summed E-state index contributed by atoms with van der Waals surface area (Å²) in [5, 5.41) is 19.5. The average molecular weight is 504 g/mol. The lowest BCUT2D eigenvalue weighted by Crippen LogP contribution is -2.38. The molecule has 0 bridgehead atoms. The number of carbonyl (C=O) groups excluding carboxylic acids is 1. The van der Waals surface area contributed by atoms with E-state index in [1.54, 1.807) is 11.1 Å². The smallest absolute Gasteiger partial charge is 0.322 e. The number of nitrogens with zero attached hydrogens (tertiary/aromatic N) is 4. The molecule has 8 nitrogen and oxygen atoms in total. The molecule has 2 aromatic heterocycles. The first-order valence-electron chi connectivity index (χ1n) is 11.0. The standard InChI is InChI=1S/C24H24ClF2N5O3/c1-14-11-16(22-31-30-20(35-22)7-10-33)13-28-21(14)15-5-8-32(9-6-15)23(34)29-17-3-4-18(19(25)12-17)24(2,26)27/h3-5,11-13,33H,6-10H2,1-2H3,(H,29,34). The van der Waals surface area contributed by atoms with E-state index in [1.807, 2.05) is 19.1 Å². The molecule has 0 atom stereocenters. The Bertz CT molecular complexity index is 1270. The number of aromatic nitrogens is 3. The van der Waals surface area contributed by atoms with Crippen LogP contribution in [0.2, 0.25) is 5.02 Å². The van der Waals surface area contributed by atoms with Gasteiger partial charge in [-0.3, -0.25) is 4.98 Å². The van der Waals surface area contributed by atoms with Crippen molar-refractivity contribution in [1.82, 2.24) is 20.1 Å². The molecule has 2 amide bonds. The van der Waals surface area contributed by atoms with Gasteiger partial charge >= 0.3 is 6.03 Å². The molecule has 0 unspecified atom stereocenters. The van der Waals surface area contributed by atoms with Crippen LogP contribution in [0.25, 0.3) is 17.0 Å². The van der Waals surface area contributed by atoms with Crippen LogP contribution in [0.4, 0.5) is 19.3 Å². The normalized spacial score (nSPS) is 14.1. The Morgan fingerprint density at radius 2 is 2.11 bits per heavy atom. The number of alkyl halides is 2. The zero-order valence-corrected chi connectivity index (χ0v) is 19.9. The minimum atomic E-state index is -3.06. The van der Waals surface area contributed by atoms with Gasteiger partial charge in [-0.15, -0.1) is 10.2 Å². The second-order valence-corrected chi connectivity index (χ2v) is 8.71. The number of nitrogens with one attached hydrogen (secondary N) is 1. The number of aryl methyl sites for hydroxylation is 1. The fourth-order valence-corrected chi connectivity index (χ4v) is 4.16. The topological polar surface area (TPSA) is 104 Å². The zero-order chi connectivity index (χ0) is 25.2. The molecule has 3 heterocycles. The molecule has 0 saturated heterocycles. The van der Waals surface area contributed by atoms with Crippen molar-refractivity contribution in [1.29, 1.82) is 0 Å². The van der Waals surface area contributed by atoms with E-state index in [2.05, 4.69) is 20.5 Å². The summed E-state index contributed by atoms with van der Waals surface area (Å²) in [4.78, 5) is 18.8. The number of benzene rings is 1. The maximum Gasteiger partial charge on any atom is 0.322 e. The summed E-state index contributed by atoms with van der Waals surface area (Å²) in [6.45, 7) is 3.47. The molecule has 0 fully saturated rings. The first-order valence-corrected chi connectivity index (χ1v) is 11.4. The third-order valence-electron chi connectivity index (χ3n) is 5.61. The third-order valence-corrected chi connectivity index (χ3v) is 5.92. The Hall–Kier alpha value is -3.37. The highest BCUT2D eigenvalue weighted by Crippen LogP contribution is 2.34. The number of aliphatic hydroxyl groups is 1. The van der Waals surface area contributed by atoms with E-state index < -0.39 is 5.92 Å². The number of urea groups is 1. The molecule has 35 heavy (non-hydrogen) atoms. The van der Waals surface area contributed by atoms with Crippen LogP contribution in [-0.2, 0) is 12.3 Å². The van der Waals surface area contributed by atoms with Gasteiger partial charge in [-0.2, -0.15) is 0 Å². The van der Waals surface area contributed by atoms with Gasteiger partial charge in [0, 0.05) is 43.9 Å². The number of rotatable bonds is 6. The average Bonchev–Trinajstić information content (AvgIpc) is 3.27. The highest BCUT2D eigenvalue weighted by molar-refractivity contribution is 6.31. The number of carbonyl (C=O) groups is 1. The molecular formula is C24H24ClF2N5O3. The fraction of sp³-hybridized carbons (Fsp3) is 0.333. The van der Waals surface area contributed by atoms with Crippen molar-refractivity contribution in [2.45, 2.75) is 32.6 Å². The van der Waals surface area contributed by atoms with E-state index in [4.69, 9.17) is 21.1 Å². The molecule has 184 valence electrons. The number of halogens is 3. The van der Waals surface area contributed by atoms with Crippen molar-refractivity contribution in [3.63, 3.8) is 0 Å². The second kappa shape index (κ2) is 10.1. The van der Waals surface area contributed by atoms with E-state index in [1.165, 1.54) is 18.2 Å². The number of anilines is 1. The SMILES string of the molecule is Cc1cc(-c2nnc(CCO)o2)cnc1C1=CCN(C(=O)Nc2ccc(C(C)(F)F)c(Cl)c2)CC1. The summed E-state index contributed by atoms with van der Waals surface area (Å²) >= 11 is 5.97. The van der Waals surface area contributed by atoms with Crippen molar-refractivity contribution < 1.29 is 23.1 Å². The van der Waals surface area contributed by atoms with Crippen LogP contribution in [0.5, 0.6) is 0 Å². The predicted molar refractivity (Wildman–Crippen MR) is 127 cm³/mol. The molecule has 11 heteroatoms. The van der Waals surface area contributed by atoms with Crippen molar-refractivity contribution >= 4 is 28.9 Å². The first kappa shape index (κ1) is 24.7. The Morgan fingerprint density at radius 1 is 1.31 bits per heavy atom. The molecule has 1 aromatic carbocycles. The minimum Gasteiger partial charge on any atom is -0.421 e. The first-order chi connectivity index (χ1) is 16.7. The Balaban J connectivity index is 1.41. The van der Waals surface area contributed by atoms with E-state index >= 15 is 0 Å². The number of pyridine rings is 1. The molecule has 0 saturated carbocycles. The Morgan fingerprint density at radius 3 is 2.74 bits per heavy atom. The lowest BCUT2D eigenvalue weighted by Gasteiger charge is -2.27. The van der Waals surface area contributed by atoms with Gasteiger partial charge in [-0.05, 0) is 48.7 Å². The van der Waals surface area contributed by atoms with Crippen molar-refractivity contribution in [3.05, 3.63) is 64.3 Å². The molecule has 1 aliphatic rings. The van der Waals surface area contributed by atoms with Gasteiger partial charge in [-0.25, -0.2) is 13.6 Å². The molecule has 2 N–H and O–H groups in total. The maximum absolute atomic E-state index is 13.5. The van der Waals surface area contributed by atoms with Gasteiger partial charge in [-0.1, -0.05) is 17.7 Å². The monoisotopic (exact) mass is 503 g/mol. The van der Waals surface area contributed by atoms with Gasteiger partial charge in [0.2, 0.25) is 11.8 Å². The van der Waals surface area contributed by atoms with E-state index in [-0.39, 0.29) is 23.2 Å². The summed E-state index contributed by atoms with van der Waals surface area (Å²) in [5.74, 6) is -2.36. The Kier molecular flexibility index (Phi) is 7.13. The summed E-state index contributed by atoms with van der Waals surface area (Å²) in [7, 11) is 0. The van der Waals surface area contributed by atoms with Crippen molar-refractivity contribution in [3.8, 4) is 11.5 Å². The van der Waals surface area contributed by atoms with E-state index in [0.717, 1.165) is 23.8 Å².